The van der Waals surface area contributed by atoms with Crippen LogP contribution in [0.5, 0.6) is 0 Å². The van der Waals surface area contributed by atoms with E-state index in [9.17, 15) is 9.59 Å². The zero-order valence-corrected chi connectivity index (χ0v) is 17.7. The molecule has 0 aliphatic carbocycles. The average molecular weight is 401 g/mol. The fourth-order valence-corrected chi connectivity index (χ4v) is 4.50. The van der Waals surface area contributed by atoms with Crippen molar-refractivity contribution in [3.05, 3.63) is 29.3 Å². The summed E-state index contributed by atoms with van der Waals surface area (Å²) in [6.45, 7) is 12.0. The number of benzene rings is 1. The molecule has 4 rings (SSSR count). The number of amides is 2. The first-order valence-electron chi connectivity index (χ1n) is 10.7. The van der Waals surface area contributed by atoms with Gasteiger partial charge in [-0.2, -0.15) is 0 Å². The highest BCUT2D eigenvalue weighted by atomic mass is 16.6. The summed E-state index contributed by atoms with van der Waals surface area (Å²) in [5.41, 5.74) is 2.68. The first kappa shape index (κ1) is 20.0. The number of anilines is 1. The molecule has 29 heavy (non-hydrogen) atoms. The van der Waals surface area contributed by atoms with Crippen molar-refractivity contribution < 1.29 is 14.3 Å². The first-order valence-corrected chi connectivity index (χ1v) is 10.7. The minimum Gasteiger partial charge on any atom is -0.444 e. The number of rotatable bonds is 2. The Hall–Kier alpha value is -2.28. The molecule has 3 aliphatic heterocycles. The maximum atomic E-state index is 12.3. The van der Waals surface area contributed by atoms with Gasteiger partial charge in [0.05, 0.1) is 0 Å². The third-order valence-corrected chi connectivity index (χ3v) is 6.08. The number of piperazine rings is 1. The number of hydrogen-bond donors (Lipinski definition) is 1. The number of nitrogens with zero attached hydrogens (tertiary/aromatic N) is 3. The number of ether oxygens (including phenoxy) is 1. The molecule has 0 atom stereocenters. The van der Waals surface area contributed by atoms with Crippen LogP contribution in [0.1, 0.15) is 49.5 Å². The number of hydrogen-bond acceptors (Lipinski definition) is 5. The van der Waals surface area contributed by atoms with Crippen LogP contribution < -0.4 is 10.2 Å². The van der Waals surface area contributed by atoms with Crippen LogP contribution in [0.2, 0.25) is 0 Å². The molecule has 0 aromatic heterocycles. The summed E-state index contributed by atoms with van der Waals surface area (Å²) in [5.74, 6) is 0.0362. The molecule has 0 spiro atoms. The van der Waals surface area contributed by atoms with Crippen molar-refractivity contribution >= 4 is 17.7 Å². The standard InChI is InChI=1S/C22H32N4O3/c1-22(2,3)29-21(28)26-8-6-17(7-9-26)24-10-12-25(13-11-24)18-4-5-19-16(14-18)15-23-20(19)27/h4-5,14,17H,6-13,15H2,1-3H3,(H,23,27). The largest absolute Gasteiger partial charge is 0.444 e. The molecule has 158 valence electrons. The highest BCUT2D eigenvalue weighted by molar-refractivity contribution is 5.98. The van der Waals surface area contributed by atoms with E-state index in [1.807, 2.05) is 31.7 Å². The Morgan fingerprint density at radius 2 is 1.76 bits per heavy atom. The number of piperidine rings is 1. The highest BCUT2D eigenvalue weighted by Gasteiger charge is 2.31. The fourth-order valence-electron chi connectivity index (χ4n) is 4.50. The fraction of sp³-hybridized carbons (Fsp3) is 0.636. The topological polar surface area (TPSA) is 65.1 Å². The SMILES string of the molecule is CC(C)(C)OC(=O)N1CCC(N2CCN(c3ccc4c(c3)CNC4=O)CC2)CC1. The quantitative estimate of drug-likeness (QED) is 0.826. The van der Waals surface area contributed by atoms with Gasteiger partial charge in [-0.1, -0.05) is 0 Å². The molecule has 7 nitrogen and oxygen atoms in total. The van der Waals surface area contributed by atoms with E-state index in [0.717, 1.165) is 63.2 Å². The van der Waals surface area contributed by atoms with Gasteiger partial charge in [-0.25, -0.2) is 4.79 Å². The van der Waals surface area contributed by atoms with Gasteiger partial charge in [0, 0.05) is 63.1 Å². The second kappa shape index (κ2) is 7.86. The molecule has 0 saturated carbocycles. The molecule has 2 amide bonds. The van der Waals surface area contributed by atoms with Crippen LogP contribution in [0.15, 0.2) is 18.2 Å². The monoisotopic (exact) mass is 400 g/mol. The molecule has 7 heteroatoms. The van der Waals surface area contributed by atoms with E-state index in [2.05, 4.69) is 27.2 Å². The van der Waals surface area contributed by atoms with Crippen molar-refractivity contribution in [2.45, 2.75) is 51.8 Å². The van der Waals surface area contributed by atoms with Crippen LogP contribution in [0.25, 0.3) is 0 Å². The lowest BCUT2D eigenvalue weighted by Crippen LogP contribution is -2.54. The third kappa shape index (κ3) is 4.50. The van der Waals surface area contributed by atoms with Gasteiger partial charge in [-0.15, -0.1) is 0 Å². The van der Waals surface area contributed by atoms with Crippen LogP contribution in [-0.4, -0.2) is 72.7 Å². The van der Waals surface area contributed by atoms with Crippen LogP contribution in [-0.2, 0) is 11.3 Å². The number of carbonyl (C=O) groups excluding carboxylic acids is 2. The third-order valence-electron chi connectivity index (χ3n) is 6.08. The Balaban J connectivity index is 1.27. The van der Waals surface area contributed by atoms with Gasteiger partial charge in [-0.3, -0.25) is 9.69 Å². The summed E-state index contributed by atoms with van der Waals surface area (Å²) in [6, 6.07) is 6.71. The van der Waals surface area contributed by atoms with Gasteiger partial charge in [0.15, 0.2) is 0 Å². The lowest BCUT2D eigenvalue weighted by atomic mass is 10.0. The van der Waals surface area contributed by atoms with E-state index in [4.69, 9.17) is 4.74 Å². The van der Waals surface area contributed by atoms with Crippen LogP contribution in [0.3, 0.4) is 0 Å². The molecule has 3 heterocycles. The lowest BCUT2D eigenvalue weighted by molar-refractivity contribution is 0.0140. The Morgan fingerprint density at radius 1 is 1.07 bits per heavy atom. The maximum Gasteiger partial charge on any atom is 0.410 e. The summed E-state index contributed by atoms with van der Waals surface area (Å²) >= 11 is 0. The molecule has 2 saturated heterocycles. The van der Waals surface area contributed by atoms with Crippen LogP contribution >= 0.6 is 0 Å². The van der Waals surface area contributed by atoms with E-state index in [1.165, 1.54) is 5.69 Å². The molecule has 3 aliphatic rings. The van der Waals surface area contributed by atoms with Gasteiger partial charge in [0.25, 0.3) is 5.91 Å². The summed E-state index contributed by atoms with van der Waals surface area (Å²) < 4.78 is 5.50. The number of nitrogens with one attached hydrogen (secondary N) is 1. The van der Waals surface area contributed by atoms with Crippen LogP contribution in [0.4, 0.5) is 10.5 Å². The van der Waals surface area contributed by atoms with Gasteiger partial charge in [0.2, 0.25) is 0 Å². The van der Waals surface area contributed by atoms with Crippen molar-refractivity contribution in [2.24, 2.45) is 0 Å². The van der Waals surface area contributed by atoms with E-state index in [1.54, 1.807) is 0 Å². The zero-order chi connectivity index (χ0) is 20.6. The molecule has 0 bridgehead atoms. The Bertz CT molecular complexity index is 773. The Kier molecular flexibility index (Phi) is 5.42. The molecule has 0 radical (unpaired) electrons. The van der Waals surface area contributed by atoms with Crippen molar-refractivity contribution in [1.82, 2.24) is 15.1 Å². The normalized spacial score (nSPS) is 21.1. The Labute approximate surface area is 173 Å². The number of likely N-dealkylation sites (tertiary alicyclic amines) is 1. The van der Waals surface area contributed by atoms with Crippen molar-refractivity contribution in [3.63, 3.8) is 0 Å². The molecule has 1 N–H and O–H groups in total. The predicted octanol–water partition coefficient (Wildman–Crippen LogP) is 2.45. The molecule has 1 aromatic rings. The average Bonchev–Trinajstić information content (AvgIpc) is 3.07. The smallest absolute Gasteiger partial charge is 0.410 e. The minimum absolute atomic E-state index is 0.0362. The number of carbonyl (C=O) groups is 2. The second-order valence-electron chi connectivity index (χ2n) is 9.25. The summed E-state index contributed by atoms with van der Waals surface area (Å²) in [6.07, 6.45) is 1.82. The lowest BCUT2D eigenvalue weighted by Gasteiger charge is -2.43. The van der Waals surface area contributed by atoms with Gasteiger partial charge in [-0.05, 0) is 57.4 Å². The van der Waals surface area contributed by atoms with E-state index in [0.29, 0.717) is 12.6 Å². The summed E-state index contributed by atoms with van der Waals surface area (Å²) in [5, 5.41) is 2.89. The predicted molar refractivity (Wildman–Crippen MR) is 112 cm³/mol. The first-order chi connectivity index (χ1) is 13.8. The van der Waals surface area contributed by atoms with Crippen LogP contribution in [0, 0.1) is 0 Å². The van der Waals surface area contributed by atoms with Crippen molar-refractivity contribution in [1.29, 1.82) is 0 Å². The Morgan fingerprint density at radius 3 is 2.41 bits per heavy atom. The number of fused-ring (bicyclic) bond motifs is 1. The van der Waals surface area contributed by atoms with E-state index < -0.39 is 5.60 Å². The molecular weight excluding hydrogens is 368 g/mol. The minimum atomic E-state index is -0.439. The molecule has 0 unspecified atom stereocenters. The van der Waals surface area contributed by atoms with Gasteiger partial charge >= 0.3 is 6.09 Å². The van der Waals surface area contributed by atoms with Crippen molar-refractivity contribution in [3.8, 4) is 0 Å². The highest BCUT2D eigenvalue weighted by Crippen LogP contribution is 2.26. The summed E-state index contributed by atoms with van der Waals surface area (Å²) in [4.78, 5) is 30.8. The van der Waals surface area contributed by atoms with Gasteiger partial charge in [0.1, 0.15) is 5.60 Å². The maximum absolute atomic E-state index is 12.3. The molecular formula is C22H32N4O3. The van der Waals surface area contributed by atoms with Gasteiger partial charge < -0.3 is 19.9 Å². The van der Waals surface area contributed by atoms with E-state index >= 15 is 0 Å². The second-order valence-corrected chi connectivity index (χ2v) is 9.25. The van der Waals surface area contributed by atoms with Crippen molar-refractivity contribution in [2.75, 3.05) is 44.2 Å². The summed E-state index contributed by atoms with van der Waals surface area (Å²) in [7, 11) is 0. The molecule has 1 aromatic carbocycles. The molecule has 2 fully saturated rings. The zero-order valence-electron chi connectivity index (χ0n) is 17.7. The van der Waals surface area contributed by atoms with E-state index in [-0.39, 0.29) is 12.0 Å².